The van der Waals surface area contributed by atoms with E-state index in [4.69, 9.17) is 0 Å². The third-order valence-corrected chi connectivity index (χ3v) is 1.42. The highest BCUT2D eigenvalue weighted by molar-refractivity contribution is 9.24. The topological polar surface area (TPSA) is 0 Å². The van der Waals surface area contributed by atoms with Crippen molar-refractivity contribution in [3.63, 3.8) is 0 Å². The predicted molar refractivity (Wildman–Crippen MR) is 49.3 cm³/mol. The van der Waals surface area contributed by atoms with Gasteiger partial charge in [-0.1, -0.05) is 47.8 Å². The lowest BCUT2D eigenvalue weighted by molar-refractivity contribution is 1.48. The molecule has 50 valence electrons. The van der Waals surface area contributed by atoms with Gasteiger partial charge < -0.3 is 0 Å². The summed E-state index contributed by atoms with van der Waals surface area (Å²) in [5.41, 5.74) is 0. The standard InChI is InChI=1S/C3H5Br.C2H4Br2/c4-3-1-2-3;1-2(3)4/h3H,1-2H2;2H,1H3. The van der Waals surface area contributed by atoms with E-state index in [1.807, 2.05) is 6.92 Å². The molecule has 8 heavy (non-hydrogen) atoms. The van der Waals surface area contributed by atoms with Crippen molar-refractivity contribution in [3.05, 3.63) is 0 Å². The summed E-state index contributed by atoms with van der Waals surface area (Å²) in [5, 5.41) is 0. The molecular weight excluding hydrogens is 300 g/mol. The Labute approximate surface area is 75.8 Å². The van der Waals surface area contributed by atoms with Crippen molar-refractivity contribution in [1.82, 2.24) is 0 Å². The molecule has 0 nitrogen and oxygen atoms in total. The zero-order chi connectivity index (χ0) is 6.57. The largest absolute Gasteiger partial charge is 0.0891 e. The van der Waals surface area contributed by atoms with E-state index >= 15 is 0 Å². The maximum absolute atomic E-state index is 3.38. The van der Waals surface area contributed by atoms with Crippen molar-refractivity contribution in [2.45, 2.75) is 28.3 Å². The van der Waals surface area contributed by atoms with E-state index in [-0.39, 0.29) is 0 Å². The summed E-state index contributed by atoms with van der Waals surface area (Å²) in [6.07, 6.45) is 2.81. The Morgan fingerprint density at radius 2 is 1.50 bits per heavy atom. The van der Waals surface area contributed by atoms with Crippen LogP contribution in [0.3, 0.4) is 0 Å². The number of halogens is 3. The fourth-order valence-electron chi connectivity index (χ4n) is 0.0630. The first-order valence-electron chi connectivity index (χ1n) is 2.55. The predicted octanol–water partition coefficient (Wildman–Crippen LogP) is 3.67. The van der Waals surface area contributed by atoms with Crippen LogP contribution >= 0.6 is 47.8 Å². The SMILES string of the molecule is BrC1CC1.CC(Br)Br. The molecule has 1 aliphatic carbocycles. The zero-order valence-corrected chi connectivity index (χ0v) is 9.46. The molecule has 0 unspecified atom stereocenters. The molecule has 0 bridgehead atoms. The van der Waals surface area contributed by atoms with Gasteiger partial charge in [-0.3, -0.25) is 0 Å². The molecule has 1 rings (SSSR count). The Morgan fingerprint density at radius 3 is 1.50 bits per heavy atom. The summed E-state index contributed by atoms with van der Waals surface area (Å²) in [6, 6.07) is 0. The van der Waals surface area contributed by atoms with E-state index < -0.39 is 0 Å². The molecule has 1 saturated carbocycles. The van der Waals surface area contributed by atoms with Crippen LogP contribution in [0.25, 0.3) is 0 Å². The van der Waals surface area contributed by atoms with Crippen LogP contribution in [0.5, 0.6) is 0 Å². The molecule has 0 aromatic carbocycles. The second-order valence-corrected chi connectivity index (χ2v) is 6.96. The Balaban J connectivity index is 0.000000122. The summed E-state index contributed by atoms with van der Waals surface area (Å²) in [6.45, 7) is 2.00. The van der Waals surface area contributed by atoms with Gasteiger partial charge in [0.2, 0.25) is 0 Å². The highest BCUT2D eigenvalue weighted by Gasteiger charge is 2.15. The van der Waals surface area contributed by atoms with Gasteiger partial charge in [-0.15, -0.1) is 0 Å². The van der Waals surface area contributed by atoms with Crippen LogP contribution < -0.4 is 0 Å². The van der Waals surface area contributed by atoms with E-state index in [1.54, 1.807) is 0 Å². The Hall–Kier alpha value is 1.44. The van der Waals surface area contributed by atoms with Crippen LogP contribution in [-0.4, -0.2) is 8.56 Å². The minimum absolute atomic E-state index is 0.458. The lowest BCUT2D eigenvalue weighted by Gasteiger charge is -1.73. The van der Waals surface area contributed by atoms with Crippen LogP contribution in [0, 0.1) is 0 Å². The molecular formula is C5H9Br3. The van der Waals surface area contributed by atoms with Gasteiger partial charge in [0.05, 0.1) is 3.74 Å². The van der Waals surface area contributed by atoms with Crippen molar-refractivity contribution in [2.75, 3.05) is 0 Å². The number of rotatable bonds is 0. The van der Waals surface area contributed by atoms with Crippen LogP contribution in [0.4, 0.5) is 0 Å². The van der Waals surface area contributed by atoms with Gasteiger partial charge >= 0.3 is 0 Å². The summed E-state index contributed by atoms with van der Waals surface area (Å²) in [5.74, 6) is 0. The van der Waals surface area contributed by atoms with Crippen molar-refractivity contribution in [3.8, 4) is 0 Å². The maximum atomic E-state index is 3.38. The van der Waals surface area contributed by atoms with E-state index in [2.05, 4.69) is 47.8 Å². The van der Waals surface area contributed by atoms with Gasteiger partial charge in [-0.05, 0) is 19.8 Å². The van der Waals surface area contributed by atoms with E-state index in [9.17, 15) is 0 Å². The first-order chi connectivity index (χ1) is 3.63. The highest BCUT2D eigenvalue weighted by atomic mass is 79.9. The Bertz CT molecular complexity index is 46.9. The molecule has 0 aromatic heterocycles. The lowest BCUT2D eigenvalue weighted by atomic mass is 11.0. The quantitative estimate of drug-likeness (QED) is 0.599. The lowest BCUT2D eigenvalue weighted by Crippen LogP contribution is -1.60. The fourth-order valence-corrected chi connectivity index (χ4v) is 0.327. The average Bonchev–Trinajstić information content (AvgIpc) is 2.19. The van der Waals surface area contributed by atoms with Crippen LogP contribution in [-0.2, 0) is 0 Å². The molecule has 0 radical (unpaired) electrons. The average molecular weight is 309 g/mol. The normalized spacial score (nSPS) is 17.6. The third kappa shape index (κ3) is 15.7. The van der Waals surface area contributed by atoms with Gasteiger partial charge in [-0.25, -0.2) is 0 Å². The summed E-state index contributed by atoms with van der Waals surface area (Å²) in [7, 11) is 0. The number of hydrogen-bond donors (Lipinski definition) is 0. The number of alkyl halides is 3. The molecule has 0 heterocycles. The van der Waals surface area contributed by atoms with Crippen molar-refractivity contribution in [2.24, 2.45) is 0 Å². The van der Waals surface area contributed by atoms with Crippen molar-refractivity contribution < 1.29 is 0 Å². The maximum Gasteiger partial charge on any atom is 0.0669 e. The fraction of sp³-hybridized carbons (Fsp3) is 1.00. The molecule has 0 N–H and O–H groups in total. The minimum Gasteiger partial charge on any atom is -0.0891 e. The summed E-state index contributed by atoms with van der Waals surface area (Å²) < 4.78 is 0.458. The van der Waals surface area contributed by atoms with E-state index in [1.165, 1.54) is 12.8 Å². The smallest absolute Gasteiger partial charge is 0.0669 e. The number of hydrogen-bond acceptors (Lipinski definition) is 0. The summed E-state index contributed by atoms with van der Waals surface area (Å²) in [4.78, 5) is 0.896. The molecule has 3 heteroatoms. The van der Waals surface area contributed by atoms with Gasteiger partial charge in [0.25, 0.3) is 0 Å². The minimum atomic E-state index is 0.458. The van der Waals surface area contributed by atoms with E-state index in [0.717, 1.165) is 4.83 Å². The molecule has 0 aromatic rings. The van der Waals surface area contributed by atoms with Gasteiger partial charge in [0, 0.05) is 4.83 Å². The van der Waals surface area contributed by atoms with Crippen LogP contribution in [0.2, 0.25) is 0 Å². The molecule has 0 saturated heterocycles. The van der Waals surface area contributed by atoms with Crippen molar-refractivity contribution >= 4 is 47.8 Å². The van der Waals surface area contributed by atoms with Crippen LogP contribution in [0.1, 0.15) is 19.8 Å². The molecule has 0 aliphatic heterocycles. The molecule has 0 atom stereocenters. The van der Waals surface area contributed by atoms with Crippen LogP contribution in [0.15, 0.2) is 0 Å². The molecule has 0 amide bonds. The molecule has 1 aliphatic rings. The first kappa shape index (κ1) is 9.44. The monoisotopic (exact) mass is 306 g/mol. The van der Waals surface area contributed by atoms with E-state index in [0.29, 0.717) is 3.74 Å². The second-order valence-electron chi connectivity index (χ2n) is 1.69. The van der Waals surface area contributed by atoms with Gasteiger partial charge in [0.15, 0.2) is 0 Å². The first-order valence-corrected chi connectivity index (χ1v) is 5.30. The van der Waals surface area contributed by atoms with Gasteiger partial charge in [0.1, 0.15) is 0 Å². The Morgan fingerprint density at radius 1 is 1.38 bits per heavy atom. The second kappa shape index (κ2) is 5.24. The third-order valence-electron chi connectivity index (χ3n) is 0.507. The summed E-state index contributed by atoms with van der Waals surface area (Å²) >= 11 is 9.76. The zero-order valence-electron chi connectivity index (χ0n) is 4.70. The molecule has 1 fully saturated rings. The highest BCUT2D eigenvalue weighted by Crippen LogP contribution is 2.27. The molecule has 0 spiro atoms. The van der Waals surface area contributed by atoms with Gasteiger partial charge in [-0.2, -0.15) is 0 Å². The Kier molecular flexibility index (Phi) is 6.19. The van der Waals surface area contributed by atoms with Crippen molar-refractivity contribution in [1.29, 1.82) is 0 Å².